The first-order chi connectivity index (χ1) is 3.79. The Hall–Kier alpha value is -0.330. The second-order valence-electron chi connectivity index (χ2n) is 2.72. The highest BCUT2D eigenvalue weighted by Crippen LogP contribution is 2.19. The van der Waals surface area contributed by atoms with Gasteiger partial charge in [0.05, 0.1) is 0 Å². The summed E-state index contributed by atoms with van der Waals surface area (Å²) in [6.07, 6.45) is 3.92. The molecule has 1 aliphatic rings. The van der Waals surface area contributed by atoms with Crippen molar-refractivity contribution < 1.29 is 4.79 Å². The zero-order valence-electron chi connectivity index (χ0n) is 5.31. The molecule has 0 aromatic rings. The lowest BCUT2D eigenvalue weighted by Gasteiger charge is -2.14. The molecule has 0 heterocycles. The average Bonchev–Trinajstić information content (AvgIpc) is 1.77. The molecule has 9 heavy (non-hydrogen) atoms. The Balaban J connectivity index is 0.000000640. The average molecular weight is 128 g/mol. The minimum absolute atomic E-state index is 0. The van der Waals surface area contributed by atoms with E-state index in [9.17, 15) is 4.79 Å². The molecule has 0 radical (unpaired) electrons. The molecular weight excluding hydrogens is 112 g/mol. The molecule has 1 aliphatic carbocycles. The monoisotopic (exact) mass is 128 g/mol. The smallest absolute Gasteiger partial charge is 0.132 e. The Morgan fingerprint density at radius 2 is 1.78 bits per heavy atom. The summed E-state index contributed by atoms with van der Waals surface area (Å²) in [7, 11) is 0. The van der Waals surface area contributed by atoms with Crippen molar-refractivity contribution in [1.29, 1.82) is 0 Å². The molecule has 0 aromatic carbocycles. The molecule has 0 saturated heterocycles. The predicted molar refractivity (Wildman–Crippen MR) is 39.4 cm³/mol. The minimum Gasteiger partial charge on any atom is -0.300 e. The van der Waals surface area contributed by atoms with E-state index in [1.165, 1.54) is 0 Å². The van der Waals surface area contributed by atoms with Crippen LogP contribution in [0.3, 0.4) is 0 Å². The van der Waals surface area contributed by atoms with E-state index in [1.807, 2.05) is 0 Å². The van der Waals surface area contributed by atoms with Gasteiger partial charge in [0.25, 0.3) is 0 Å². The molecule has 0 unspecified atom stereocenters. The maximum absolute atomic E-state index is 10.6. The van der Waals surface area contributed by atoms with Crippen LogP contribution in [-0.4, -0.2) is 5.78 Å². The van der Waals surface area contributed by atoms with Crippen LogP contribution in [-0.2, 0) is 4.79 Å². The maximum atomic E-state index is 10.6. The van der Waals surface area contributed by atoms with Gasteiger partial charge in [-0.15, -0.1) is 0 Å². The molecule has 1 saturated carbocycles. The number of hydrogen-bond acceptors (Lipinski definition) is 1. The van der Waals surface area contributed by atoms with Crippen LogP contribution in [0.25, 0.3) is 0 Å². The highest BCUT2D eigenvalue weighted by Gasteiger charge is 2.13. The van der Waals surface area contributed by atoms with Crippen LogP contribution in [0, 0.1) is 5.92 Å². The summed E-state index contributed by atoms with van der Waals surface area (Å²) in [6.45, 7) is 2.21. The molecule has 0 spiro atoms. The van der Waals surface area contributed by atoms with Gasteiger partial charge in [0.15, 0.2) is 0 Å². The van der Waals surface area contributed by atoms with E-state index < -0.39 is 0 Å². The molecule has 1 rings (SSSR count). The van der Waals surface area contributed by atoms with Gasteiger partial charge >= 0.3 is 0 Å². The van der Waals surface area contributed by atoms with Crippen LogP contribution in [0.5, 0.6) is 0 Å². The van der Waals surface area contributed by atoms with E-state index >= 15 is 0 Å². The largest absolute Gasteiger partial charge is 0.300 e. The zero-order chi connectivity index (χ0) is 5.98. The maximum Gasteiger partial charge on any atom is 0.132 e. The Morgan fingerprint density at radius 3 is 2.11 bits per heavy atom. The lowest BCUT2D eigenvalue weighted by molar-refractivity contribution is -0.120. The number of carbonyl (C=O) groups is 1. The Morgan fingerprint density at radius 1 is 1.33 bits per heavy atom. The highest BCUT2D eigenvalue weighted by molar-refractivity contribution is 5.78. The fraction of sp³-hybridized carbons (Fsp3) is 0.875. The molecular formula is C8H16O. The van der Waals surface area contributed by atoms with Crippen molar-refractivity contribution >= 4 is 5.78 Å². The summed E-state index contributed by atoms with van der Waals surface area (Å²) in [5, 5.41) is 0. The highest BCUT2D eigenvalue weighted by atomic mass is 16.1. The first-order valence-corrected chi connectivity index (χ1v) is 3.31. The molecule has 1 nitrogen and oxygen atoms in total. The van der Waals surface area contributed by atoms with Crippen LogP contribution in [0.2, 0.25) is 0 Å². The van der Waals surface area contributed by atoms with Gasteiger partial charge in [-0.05, 0) is 18.8 Å². The third kappa shape index (κ3) is 2.64. The summed E-state index contributed by atoms with van der Waals surface area (Å²) >= 11 is 0. The SMILES string of the molecule is C.CC1CCC(=O)CC1. The van der Waals surface area contributed by atoms with Gasteiger partial charge in [0.2, 0.25) is 0 Å². The molecule has 1 fully saturated rings. The second kappa shape index (κ2) is 3.65. The van der Waals surface area contributed by atoms with Gasteiger partial charge in [0, 0.05) is 12.8 Å². The van der Waals surface area contributed by atoms with E-state index in [0.717, 1.165) is 31.6 Å². The van der Waals surface area contributed by atoms with Crippen LogP contribution < -0.4 is 0 Å². The van der Waals surface area contributed by atoms with Gasteiger partial charge in [-0.3, -0.25) is 4.79 Å². The normalized spacial score (nSPS) is 21.2. The van der Waals surface area contributed by atoms with Crippen LogP contribution in [0.1, 0.15) is 40.0 Å². The minimum atomic E-state index is 0. The molecule has 0 N–H and O–H groups in total. The standard InChI is InChI=1S/C7H12O.CH4/c1-6-2-4-7(8)5-3-6;/h6H,2-5H2,1H3;1H4. The first kappa shape index (κ1) is 8.67. The van der Waals surface area contributed by atoms with Gasteiger partial charge < -0.3 is 0 Å². The Kier molecular flexibility index (Phi) is 3.52. The number of hydrogen-bond donors (Lipinski definition) is 0. The quantitative estimate of drug-likeness (QED) is 0.489. The summed E-state index contributed by atoms with van der Waals surface area (Å²) in [5.74, 6) is 1.26. The van der Waals surface area contributed by atoms with Gasteiger partial charge in [0.1, 0.15) is 5.78 Å². The van der Waals surface area contributed by atoms with Crippen LogP contribution in [0.15, 0.2) is 0 Å². The molecule has 0 amide bonds. The topological polar surface area (TPSA) is 17.1 Å². The Bertz CT molecular complexity index is 86.7. The van der Waals surface area contributed by atoms with E-state index in [4.69, 9.17) is 0 Å². The lowest BCUT2D eigenvalue weighted by Crippen LogP contribution is -2.10. The van der Waals surface area contributed by atoms with Gasteiger partial charge in [-0.2, -0.15) is 0 Å². The van der Waals surface area contributed by atoms with Gasteiger partial charge in [-0.1, -0.05) is 14.4 Å². The third-order valence-electron chi connectivity index (χ3n) is 1.83. The number of carbonyl (C=O) groups excluding carboxylic acids is 1. The van der Waals surface area contributed by atoms with E-state index in [1.54, 1.807) is 0 Å². The summed E-state index contributed by atoms with van der Waals surface area (Å²) in [6, 6.07) is 0. The van der Waals surface area contributed by atoms with E-state index in [2.05, 4.69) is 6.92 Å². The van der Waals surface area contributed by atoms with Crippen LogP contribution >= 0.6 is 0 Å². The summed E-state index contributed by atoms with van der Waals surface area (Å²) in [4.78, 5) is 10.6. The van der Waals surface area contributed by atoms with Crippen molar-refractivity contribution in [2.45, 2.75) is 40.0 Å². The van der Waals surface area contributed by atoms with Gasteiger partial charge in [-0.25, -0.2) is 0 Å². The van der Waals surface area contributed by atoms with Crippen molar-refractivity contribution in [3.05, 3.63) is 0 Å². The lowest BCUT2D eigenvalue weighted by atomic mass is 9.90. The fourth-order valence-corrected chi connectivity index (χ4v) is 1.08. The second-order valence-corrected chi connectivity index (χ2v) is 2.72. The summed E-state index contributed by atoms with van der Waals surface area (Å²) < 4.78 is 0. The number of ketones is 1. The third-order valence-corrected chi connectivity index (χ3v) is 1.83. The molecule has 0 bridgehead atoms. The van der Waals surface area contributed by atoms with Crippen LogP contribution in [0.4, 0.5) is 0 Å². The zero-order valence-corrected chi connectivity index (χ0v) is 5.31. The first-order valence-electron chi connectivity index (χ1n) is 3.31. The molecule has 1 heteroatoms. The Labute approximate surface area is 57.5 Å². The molecule has 54 valence electrons. The molecule has 0 atom stereocenters. The molecule has 0 aromatic heterocycles. The molecule has 0 aliphatic heterocycles. The van der Waals surface area contributed by atoms with Crippen molar-refractivity contribution in [3.63, 3.8) is 0 Å². The fourth-order valence-electron chi connectivity index (χ4n) is 1.08. The van der Waals surface area contributed by atoms with Crippen molar-refractivity contribution in [2.75, 3.05) is 0 Å². The summed E-state index contributed by atoms with van der Waals surface area (Å²) in [5.41, 5.74) is 0. The number of rotatable bonds is 0. The van der Waals surface area contributed by atoms with Crippen molar-refractivity contribution in [3.8, 4) is 0 Å². The van der Waals surface area contributed by atoms with E-state index in [-0.39, 0.29) is 7.43 Å². The van der Waals surface area contributed by atoms with Crippen molar-refractivity contribution in [2.24, 2.45) is 5.92 Å². The predicted octanol–water partition coefficient (Wildman–Crippen LogP) is 2.40. The van der Waals surface area contributed by atoms with Crippen molar-refractivity contribution in [1.82, 2.24) is 0 Å². The number of Topliss-reactive ketones (excluding diaryl/α,β-unsaturated/α-hetero) is 1. The van der Waals surface area contributed by atoms with E-state index in [0.29, 0.717) is 5.78 Å².